The zero-order chi connectivity index (χ0) is 17.4. The van der Waals surface area contributed by atoms with Crippen LogP contribution in [-0.2, 0) is 10.5 Å². The summed E-state index contributed by atoms with van der Waals surface area (Å²) in [6.07, 6.45) is 1.80. The van der Waals surface area contributed by atoms with Crippen molar-refractivity contribution in [2.24, 2.45) is 0 Å². The van der Waals surface area contributed by atoms with E-state index in [0.29, 0.717) is 19.6 Å². The summed E-state index contributed by atoms with van der Waals surface area (Å²) >= 11 is 1.90. The second-order valence-corrected chi connectivity index (χ2v) is 7.30. The number of urea groups is 1. The largest absolute Gasteiger partial charge is 0.352 e. The first-order chi connectivity index (χ1) is 11.6. The molecular formula is C18H27N3O2S. The van der Waals surface area contributed by atoms with Crippen molar-refractivity contribution >= 4 is 23.7 Å². The minimum Gasteiger partial charge on any atom is -0.352 e. The molecule has 1 aromatic carbocycles. The lowest BCUT2D eigenvalue weighted by molar-refractivity contribution is -0.119. The minimum absolute atomic E-state index is 0.0215. The van der Waals surface area contributed by atoms with Crippen molar-refractivity contribution in [3.05, 3.63) is 35.4 Å². The van der Waals surface area contributed by atoms with Crippen LogP contribution in [0, 0.1) is 6.92 Å². The number of benzene rings is 1. The second-order valence-electron chi connectivity index (χ2n) is 6.20. The Hall–Kier alpha value is -1.69. The van der Waals surface area contributed by atoms with Gasteiger partial charge in [-0.1, -0.05) is 24.3 Å². The van der Waals surface area contributed by atoms with Gasteiger partial charge in [0.15, 0.2) is 0 Å². The lowest BCUT2D eigenvalue weighted by Gasteiger charge is -2.17. The van der Waals surface area contributed by atoms with Crippen LogP contribution in [0.2, 0.25) is 0 Å². The third-order valence-electron chi connectivity index (χ3n) is 4.14. The summed E-state index contributed by atoms with van der Waals surface area (Å²) in [6, 6.07) is 8.52. The molecule has 1 aromatic rings. The number of carbonyl (C=O) groups excluding carboxylic acids is 2. The van der Waals surface area contributed by atoms with E-state index < -0.39 is 0 Å². The van der Waals surface area contributed by atoms with Crippen molar-refractivity contribution in [2.75, 3.05) is 25.4 Å². The number of aryl methyl sites for hydroxylation is 1. The molecule has 0 radical (unpaired) electrons. The summed E-state index contributed by atoms with van der Waals surface area (Å²) in [6.45, 7) is 5.66. The van der Waals surface area contributed by atoms with Crippen molar-refractivity contribution in [3.8, 4) is 0 Å². The molecule has 0 bridgehead atoms. The van der Waals surface area contributed by atoms with Gasteiger partial charge in [-0.05, 0) is 36.6 Å². The average molecular weight is 350 g/mol. The van der Waals surface area contributed by atoms with Gasteiger partial charge in [-0.25, -0.2) is 4.79 Å². The van der Waals surface area contributed by atoms with Crippen LogP contribution in [-0.4, -0.2) is 48.3 Å². The van der Waals surface area contributed by atoms with Gasteiger partial charge in [0.05, 0.1) is 0 Å². The van der Waals surface area contributed by atoms with Gasteiger partial charge in [-0.3, -0.25) is 4.79 Å². The van der Waals surface area contributed by atoms with Crippen molar-refractivity contribution in [3.63, 3.8) is 0 Å². The number of carbonyl (C=O) groups is 2. The summed E-state index contributed by atoms with van der Waals surface area (Å²) in [5.41, 5.74) is 2.72. The topological polar surface area (TPSA) is 61.4 Å². The Morgan fingerprint density at radius 2 is 2.12 bits per heavy atom. The number of hydrogen-bond acceptors (Lipinski definition) is 3. The normalized spacial score (nSPS) is 16.9. The van der Waals surface area contributed by atoms with E-state index in [1.54, 1.807) is 4.90 Å². The van der Waals surface area contributed by atoms with Crippen molar-refractivity contribution in [1.82, 2.24) is 15.5 Å². The Labute approximate surface area is 148 Å². The highest BCUT2D eigenvalue weighted by molar-refractivity contribution is 7.98. The molecule has 2 rings (SSSR count). The van der Waals surface area contributed by atoms with Gasteiger partial charge in [0.25, 0.3) is 0 Å². The molecule has 1 heterocycles. The lowest BCUT2D eigenvalue weighted by atomic mass is 10.1. The zero-order valence-electron chi connectivity index (χ0n) is 14.5. The Morgan fingerprint density at radius 1 is 1.33 bits per heavy atom. The number of rotatable bonds is 7. The van der Waals surface area contributed by atoms with Crippen LogP contribution in [0.3, 0.4) is 0 Å². The van der Waals surface area contributed by atoms with E-state index in [9.17, 15) is 9.59 Å². The molecular weight excluding hydrogens is 322 g/mol. The predicted molar refractivity (Wildman–Crippen MR) is 99.2 cm³/mol. The quantitative estimate of drug-likeness (QED) is 0.744. The van der Waals surface area contributed by atoms with E-state index in [-0.39, 0.29) is 18.0 Å². The molecule has 1 atom stereocenters. The van der Waals surface area contributed by atoms with Gasteiger partial charge in [-0.15, -0.1) is 0 Å². The van der Waals surface area contributed by atoms with E-state index >= 15 is 0 Å². The molecule has 0 aromatic heterocycles. The molecule has 0 saturated carbocycles. The first-order valence-corrected chi connectivity index (χ1v) is 9.64. The molecule has 1 aliphatic rings. The SMILES string of the molecule is CC(=O)N[C@@H]1CCN(C(=O)NCCCSCc2ccccc2C)C1. The summed E-state index contributed by atoms with van der Waals surface area (Å²) in [4.78, 5) is 24.9. The fourth-order valence-corrected chi connectivity index (χ4v) is 3.82. The van der Waals surface area contributed by atoms with E-state index in [0.717, 1.165) is 24.3 Å². The highest BCUT2D eigenvalue weighted by Gasteiger charge is 2.26. The van der Waals surface area contributed by atoms with E-state index in [2.05, 4.69) is 41.8 Å². The number of hydrogen-bond donors (Lipinski definition) is 2. The molecule has 1 fully saturated rings. The Kier molecular flexibility index (Phi) is 7.43. The molecule has 3 amide bonds. The molecule has 0 unspecified atom stereocenters. The van der Waals surface area contributed by atoms with Gasteiger partial charge in [0.1, 0.15) is 0 Å². The van der Waals surface area contributed by atoms with Crippen molar-refractivity contribution < 1.29 is 9.59 Å². The number of nitrogens with one attached hydrogen (secondary N) is 2. The fourth-order valence-electron chi connectivity index (χ4n) is 2.79. The summed E-state index contributed by atoms with van der Waals surface area (Å²) < 4.78 is 0. The van der Waals surface area contributed by atoms with Crippen LogP contribution >= 0.6 is 11.8 Å². The van der Waals surface area contributed by atoms with E-state index in [1.807, 2.05) is 11.8 Å². The Morgan fingerprint density at radius 3 is 2.88 bits per heavy atom. The number of likely N-dealkylation sites (tertiary alicyclic amines) is 1. The van der Waals surface area contributed by atoms with Crippen LogP contribution in [0.4, 0.5) is 4.79 Å². The summed E-state index contributed by atoms with van der Waals surface area (Å²) in [7, 11) is 0. The first kappa shape index (κ1) is 18.6. The van der Waals surface area contributed by atoms with Crippen LogP contribution in [0.15, 0.2) is 24.3 Å². The fraction of sp³-hybridized carbons (Fsp3) is 0.556. The highest BCUT2D eigenvalue weighted by Crippen LogP contribution is 2.16. The van der Waals surface area contributed by atoms with Crippen LogP contribution < -0.4 is 10.6 Å². The first-order valence-electron chi connectivity index (χ1n) is 8.48. The standard InChI is InChI=1S/C18H27N3O2S/c1-14-6-3-4-7-16(14)13-24-11-5-9-19-18(23)21-10-8-17(12-21)20-15(2)22/h3-4,6-7,17H,5,8-13H2,1-2H3,(H,19,23)(H,20,22)/t17-/m1/s1. The predicted octanol–water partition coefficient (Wildman–Crippen LogP) is 2.54. The lowest BCUT2D eigenvalue weighted by Crippen LogP contribution is -2.42. The smallest absolute Gasteiger partial charge is 0.317 e. The van der Waals surface area contributed by atoms with Gasteiger partial charge in [0, 0.05) is 38.4 Å². The minimum atomic E-state index is -0.0343. The maximum atomic E-state index is 12.1. The van der Waals surface area contributed by atoms with Crippen LogP contribution in [0.1, 0.15) is 30.9 Å². The maximum absolute atomic E-state index is 12.1. The second kappa shape index (κ2) is 9.57. The Bertz CT molecular complexity index is 565. The average Bonchev–Trinajstić information content (AvgIpc) is 3.00. The zero-order valence-corrected chi connectivity index (χ0v) is 15.3. The molecule has 24 heavy (non-hydrogen) atoms. The summed E-state index contributed by atoms with van der Waals surface area (Å²) in [5.74, 6) is 2.02. The molecule has 6 heteroatoms. The van der Waals surface area contributed by atoms with Crippen LogP contribution in [0.25, 0.3) is 0 Å². The van der Waals surface area contributed by atoms with Gasteiger partial charge < -0.3 is 15.5 Å². The van der Waals surface area contributed by atoms with Gasteiger partial charge >= 0.3 is 6.03 Å². The molecule has 1 aliphatic heterocycles. The van der Waals surface area contributed by atoms with E-state index in [4.69, 9.17) is 0 Å². The van der Waals surface area contributed by atoms with E-state index in [1.165, 1.54) is 18.1 Å². The van der Waals surface area contributed by atoms with Crippen molar-refractivity contribution in [1.29, 1.82) is 0 Å². The maximum Gasteiger partial charge on any atom is 0.317 e. The number of thioether (sulfide) groups is 1. The third kappa shape index (κ3) is 6.07. The molecule has 0 spiro atoms. The molecule has 0 aliphatic carbocycles. The number of amides is 3. The third-order valence-corrected chi connectivity index (χ3v) is 5.24. The summed E-state index contributed by atoms with van der Waals surface area (Å²) in [5, 5.41) is 5.84. The number of nitrogens with zero attached hydrogens (tertiary/aromatic N) is 1. The molecule has 132 valence electrons. The van der Waals surface area contributed by atoms with Gasteiger partial charge in [0.2, 0.25) is 5.91 Å². The van der Waals surface area contributed by atoms with Gasteiger partial charge in [-0.2, -0.15) is 11.8 Å². The van der Waals surface area contributed by atoms with Crippen LogP contribution in [0.5, 0.6) is 0 Å². The molecule has 1 saturated heterocycles. The molecule has 5 nitrogen and oxygen atoms in total. The Balaban J connectivity index is 1.55. The van der Waals surface area contributed by atoms with Crippen molar-refractivity contribution in [2.45, 2.75) is 38.5 Å². The molecule has 2 N–H and O–H groups in total. The monoisotopic (exact) mass is 349 g/mol. The highest BCUT2D eigenvalue weighted by atomic mass is 32.2.